The number of hydrogen-bond acceptors (Lipinski definition) is 2. The average Bonchev–Trinajstić information content (AvgIpc) is 2.49. The Morgan fingerprint density at radius 2 is 1.50 bits per heavy atom. The first-order valence-corrected chi connectivity index (χ1v) is 8.99. The predicted octanol–water partition coefficient (Wildman–Crippen LogP) is 5.47. The number of esters is 1. The van der Waals surface area contributed by atoms with Gasteiger partial charge in [0.1, 0.15) is 0 Å². The Labute approximate surface area is 135 Å². The molecule has 1 aromatic rings. The normalized spacial score (nSPS) is 17.2. The first-order valence-electron chi connectivity index (χ1n) is 8.99. The smallest absolute Gasteiger partial charge is 0.338 e. The number of aryl methyl sites for hydroxylation is 2. The molecule has 0 unspecified atom stereocenters. The van der Waals surface area contributed by atoms with Crippen molar-refractivity contribution in [3.05, 3.63) is 34.9 Å². The standard InChI is InChI=1S/C20H30O2/c1-16(2)22-20(21)19-15-17-11-9-7-5-3-4-6-8-10-12-18(19)14-13-17/h13-16H,3-12H2,1-2H3. The van der Waals surface area contributed by atoms with Crippen molar-refractivity contribution < 1.29 is 9.53 Å². The van der Waals surface area contributed by atoms with Crippen LogP contribution in [-0.4, -0.2) is 12.1 Å². The molecule has 0 heterocycles. The van der Waals surface area contributed by atoms with Gasteiger partial charge in [-0.15, -0.1) is 0 Å². The molecule has 0 N–H and O–H groups in total. The Balaban J connectivity index is 2.17. The molecule has 22 heavy (non-hydrogen) atoms. The summed E-state index contributed by atoms with van der Waals surface area (Å²) in [6, 6.07) is 6.43. The fourth-order valence-corrected chi connectivity index (χ4v) is 3.17. The minimum Gasteiger partial charge on any atom is -0.459 e. The minimum absolute atomic E-state index is 0.0606. The van der Waals surface area contributed by atoms with Crippen molar-refractivity contribution in [3.63, 3.8) is 0 Å². The summed E-state index contributed by atoms with van der Waals surface area (Å²) in [5.74, 6) is -0.154. The van der Waals surface area contributed by atoms with Crippen LogP contribution in [0.25, 0.3) is 0 Å². The molecule has 0 amide bonds. The topological polar surface area (TPSA) is 26.3 Å². The lowest BCUT2D eigenvalue weighted by atomic mass is 9.95. The van der Waals surface area contributed by atoms with Crippen LogP contribution in [0.5, 0.6) is 0 Å². The van der Waals surface area contributed by atoms with Gasteiger partial charge in [0.25, 0.3) is 0 Å². The lowest BCUT2D eigenvalue weighted by Crippen LogP contribution is -2.14. The van der Waals surface area contributed by atoms with Crippen molar-refractivity contribution >= 4 is 5.97 Å². The molecule has 0 spiro atoms. The molecule has 0 radical (unpaired) electrons. The van der Waals surface area contributed by atoms with Crippen LogP contribution in [-0.2, 0) is 17.6 Å². The van der Waals surface area contributed by atoms with E-state index in [1.54, 1.807) is 0 Å². The molecular formula is C20H30O2. The van der Waals surface area contributed by atoms with Crippen LogP contribution in [0.15, 0.2) is 18.2 Å². The fraction of sp³-hybridized carbons (Fsp3) is 0.650. The molecule has 122 valence electrons. The highest BCUT2D eigenvalue weighted by molar-refractivity contribution is 5.91. The summed E-state index contributed by atoms with van der Waals surface area (Å²) in [6.07, 6.45) is 12.4. The van der Waals surface area contributed by atoms with Crippen molar-refractivity contribution in [3.8, 4) is 0 Å². The largest absolute Gasteiger partial charge is 0.459 e. The minimum atomic E-state index is -0.154. The highest BCUT2D eigenvalue weighted by Gasteiger charge is 2.15. The SMILES string of the molecule is CC(C)OC(=O)c1cc2ccc1CCCCCCCCCC2. The van der Waals surface area contributed by atoms with Crippen molar-refractivity contribution in [1.82, 2.24) is 0 Å². The number of carbonyl (C=O) groups is 1. The van der Waals surface area contributed by atoms with Crippen molar-refractivity contribution in [2.45, 2.75) is 84.2 Å². The van der Waals surface area contributed by atoms with E-state index < -0.39 is 0 Å². The van der Waals surface area contributed by atoms with Crippen LogP contribution >= 0.6 is 0 Å². The van der Waals surface area contributed by atoms with Gasteiger partial charge in [0, 0.05) is 0 Å². The zero-order valence-corrected chi connectivity index (χ0v) is 14.2. The number of fused-ring (bicyclic) bond motifs is 11. The molecule has 0 atom stereocenters. The molecule has 2 nitrogen and oxygen atoms in total. The highest BCUT2D eigenvalue weighted by Crippen LogP contribution is 2.20. The molecule has 1 aromatic carbocycles. The monoisotopic (exact) mass is 302 g/mol. The lowest BCUT2D eigenvalue weighted by molar-refractivity contribution is 0.0376. The van der Waals surface area contributed by atoms with Crippen molar-refractivity contribution in [2.24, 2.45) is 0 Å². The third kappa shape index (κ3) is 5.47. The third-order valence-corrected chi connectivity index (χ3v) is 4.40. The summed E-state index contributed by atoms with van der Waals surface area (Å²) in [6.45, 7) is 3.82. The molecule has 3 rings (SSSR count). The third-order valence-electron chi connectivity index (χ3n) is 4.40. The van der Waals surface area contributed by atoms with E-state index in [2.05, 4.69) is 18.2 Å². The second kappa shape index (κ2) is 8.97. The lowest BCUT2D eigenvalue weighted by Gasteiger charge is -2.14. The summed E-state index contributed by atoms with van der Waals surface area (Å²) in [4.78, 5) is 12.4. The van der Waals surface area contributed by atoms with E-state index in [0.717, 1.165) is 24.0 Å². The fourth-order valence-electron chi connectivity index (χ4n) is 3.17. The van der Waals surface area contributed by atoms with Gasteiger partial charge in [-0.05, 0) is 56.7 Å². The van der Waals surface area contributed by atoms with E-state index in [-0.39, 0.29) is 12.1 Å². The van der Waals surface area contributed by atoms with E-state index in [9.17, 15) is 4.79 Å². The Kier molecular flexibility index (Phi) is 6.95. The molecule has 0 saturated heterocycles. The first-order chi connectivity index (χ1) is 10.7. The van der Waals surface area contributed by atoms with Crippen molar-refractivity contribution in [2.75, 3.05) is 0 Å². The Bertz CT molecular complexity index is 477. The van der Waals surface area contributed by atoms with Crippen LogP contribution in [0.1, 0.15) is 86.7 Å². The molecule has 0 aliphatic heterocycles. The van der Waals surface area contributed by atoms with E-state index in [1.165, 1.54) is 56.9 Å². The number of rotatable bonds is 2. The van der Waals surface area contributed by atoms with E-state index in [1.807, 2.05) is 13.8 Å². The van der Waals surface area contributed by atoms with Gasteiger partial charge in [-0.1, -0.05) is 50.7 Å². The van der Waals surface area contributed by atoms with Crippen LogP contribution in [0.4, 0.5) is 0 Å². The van der Waals surface area contributed by atoms with E-state index in [4.69, 9.17) is 4.74 Å². The van der Waals surface area contributed by atoms with Crippen molar-refractivity contribution in [1.29, 1.82) is 0 Å². The Morgan fingerprint density at radius 3 is 2.14 bits per heavy atom. The Morgan fingerprint density at radius 1 is 0.909 bits per heavy atom. The predicted molar refractivity (Wildman–Crippen MR) is 91.3 cm³/mol. The van der Waals surface area contributed by atoms with Gasteiger partial charge in [0.05, 0.1) is 11.7 Å². The molecule has 0 fully saturated rings. The van der Waals surface area contributed by atoms with Crippen LogP contribution in [0.3, 0.4) is 0 Å². The molecule has 0 aromatic heterocycles. The number of hydrogen-bond donors (Lipinski definition) is 0. The molecule has 0 saturated carbocycles. The summed E-state index contributed by atoms with van der Waals surface area (Å²) >= 11 is 0. The molecular weight excluding hydrogens is 272 g/mol. The maximum atomic E-state index is 12.4. The zero-order chi connectivity index (χ0) is 15.8. The summed E-state index contributed by atoms with van der Waals surface area (Å²) in [5, 5.41) is 0. The first kappa shape index (κ1) is 17.1. The van der Waals surface area contributed by atoms with Gasteiger partial charge in [0.2, 0.25) is 0 Å². The van der Waals surface area contributed by atoms with Crippen LogP contribution < -0.4 is 0 Å². The maximum absolute atomic E-state index is 12.4. The molecule has 2 aliphatic rings. The number of carbonyl (C=O) groups excluding carboxylic acids is 1. The van der Waals surface area contributed by atoms with Gasteiger partial charge >= 0.3 is 5.97 Å². The van der Waals surface area contributed by atoms with Crippen LogP contribution in [0, 0.1) is 0 Å². The average molecular weight is 302 g/mol. The summed E-state index contributed by atoms with van der Waals surface area (Å²) in [7, 11) is 0. The molecule has 2 heteroatoms. The second-order valence-electron chi connectivity index (χ2n) is 6.77. The summed E-state index contributed by atoms with van der Waals surface area (Å²) < 4.78 is 5.44. The van der Waals surface area contributed by atoms with E-state index in [0.29, 0.717) is 0 Å². The quantitative estimate of drug-likeness (QED) is 0.677. The highest BCUT2D eigenvalue weighted by atomic mass is 16.5. The zero-order valence-electron chi connectivity index (χ0n) is 14.2. The molecule has 2 bridgehead atoms. The van der Waals surface area contributed by atoms with Gasteiger partial charge in [-0.25, -0.2) is 4.79 Å². The van der Waals surface area contributed by atoms with Gasteiger partial charge < -0.3 is 4.74 Å². The van der Waals surface area contributed by atoms with Crippen LogP contribution in [0.2, 0.25) is 0 Å². The number of ether oxygens (including phenoxy) is 1. The molecule has 2 aliphatic carbocycles. The van der Waals surface area contributed by atoms with Gasteiger partial charge in [0.15, 0.2) is 0 Å². The van der Waals surface area contributed by atoms with Gasteiger partial charge in [-0.3, -0.25) is 0 Å². The number of benzene rings is 1. The van der Waals surface area contributed by atoms with Gasteiger partial charge in [-0.2, -0.15) is 0 Å². The maximum Gasteiger partial charge on any atom is 0.338 e. The Hall–Kier alpha value is -1.31. The second-order valence-corrected chi connectivity index (χ2v) is 6.77. The summed E-state index contributed by atoms with van der Waals surface area (Å²) in [5.41, 5.74) is 3.23. The van der Waals surface area contributed by atoms with E-state index >= 15 is 0 Å².